The molecule has 4 N–H and O–H groups in total. The third-order valence-electron chi connectivity index (χ3n) is 4.22. The summed E-state index contributed by atoms with van der Waals surface area (Å²) in [6.45, 7) is 0. The molecule has 2 unspecified atom stereocenters. The van der Waals surface area contributed by atoms with Gasteiger partial charge in [-0.2, -0.15) is 0 Å². The third-order valence-corrected chi connectivity index (χ3v) is 4.22. The first-order valence-corrected chi connectivity index (χ1v) is 7.85. The van der Waals surface area contributed by atoms with Crippen LogP contribution in [0.5, 0.6) is 0 Å². The molecule has 0 saturated heterocycles. The van der Waals surface area contributed by atoms with Crippen molar-refractivity contribution in [2.75, 3.05) is 0 Å². The van der Waals surface area contributed by atoms with E-state index in [0.717, 1.165) is 34.6 Å². The quantitative estimate of drug-likeness (QED) is 0.625. The van der Waals surface area contributed by atoms with Crippen LogP contribution in [0.2, 0.25) is 0 Å². The van der Waals surface area contributed by atoms with Crippen molar-refractivity contribution in [3.63, 3.8) is 0 Å². The van der Waals surface area contributed by atoms with Crippen LogP contribution in [0.3, 0.4) is 0 Å². The minimum atomic E-state index is 0.281. The van der Waals surface area contributed by atoms with Gasteiger partial charge in [0.15, 0.2) is 0 Å². The van der Waals surface area contributed by atoms with Crippen LogP contribution >= 0.6 is 0 Å². The molecule has 3 aromatic rings. The van der Waals surface area contributed by atoms with E-state index in [0.29, 0.717) is 0 Å². The predicted molar refractivity (Wildman–Crippen MR) is 91.5 cm³/mol. The van der Waals surface area contributed by atoms with E-state index in [9.17, 15) is 0 Å². The van der Waals surface area contributed by atoms with Gasteiger partial charge in [0.1, 0.15) is 0 Å². The van der Waals surface area contributed by atoms with E-state index >= 15 is 0 Å². The molecule has 0 aliphatic heterocycles. The van der Waals surface area contributed by atoms with Gasteiger partial charge in [-0.05, 0) is 25.0 Å². The van der Waals surface area contributed by atoms with Crippen molar-refractivity contribution in [3.8, 4) is 0 Å². The van der Waals surface area contributed by atoms with Gasteiger partial charge >= 0.3 is 0 Å². The molecule has 4 heteroatoms. The highest BCUT2D eigenvalue weighted by Crippen LogP contribution is 2.20. The van der Waals surface area contributed by atoms with Crippen LogP contribution in [0.4, 0.5) is 0 Å². The molecule has 0 amide bonds. The van der Waals surface area contributed by atoms with Gasteiger partial charge in [0, 0.05) is 35.2 Å². The summed E-state index contributed by atoms with van der Waals surface area (Å²) in [5, 5.41) is 2.28. The fraction of sp³-hybridized carbons (Fsp3) is 0.333. The van der Waals surface area contributed by atoms with Crippen LogP contribution in [-0.2, 0) is 0 Å². The number of nitrogens with zero attached hydrogens (tertiary/aromatic N) is 2. The summed E-state index contributed by atoms with van der Waals surface area (Å²) in [4.78, 5) is 8.69. The molecule has 4 rings (SSSR count). The lowest BCUT2D eigenvalue weighted by Crippen LogP contribution is -2.43. The first-order valence-electron chi connectivity index (χ1n) is 7.85. The van der Waals surface area contributed by atoms with E-state index < -0.39 is 0 Å². The molecular formula is C18H22N4. The molecule has 2 heterocycles. The van der Waals surface area contributed by atoms with Crippen molar-refractivity contribution in [1.82, 2.24) is 9.97 Å². The number of hydrogen-bond donors (Lipinski definition) is 2. The maximum absolute atomic E-state index is 5.65. The van der Waals surface area contributed by atoms with E-state index in [4.69, 9.17) is 11.5 Å². The van der Waals surface area contributed by atoms with Crippen LogP contribution in [0.1, 0.15) is 25.7 Å². The summed E-state index contributed by atoms with van der Waals surface area (Å²) in [7, 11) is 0. The predicted octanol–water partition coefficient (Wildman–Crippen LogP) is 3.00. The lowest BCUT2D eigenvalue weighted by atomic mass is 9.92. The first kappa shape index (κ1) is 14.9. The number of rotatable bonds is 0. The average molecular weight is 294 g/mol. The van der Waals surface area contributed by atoms with Crippen LogP contribution < -0.4 is 11.5 Å². The Balaban J connectivity index is 0.000000154. The van der Waals surface area contributed by atoms with Crippen LogP contribution in [0, 0.1) is 0 Å². The topological polar surface area (TPSA) is 77.8 Å². The lowest BCUT2D eigenvalue weighted by molar-refractivity contribution is 0.385. The van der Waals surface area contributed by atoms with Crippen molar-refractivity contribution in [1.29, 1.82) is 0 Å². The van der Waals surface area contributed by atoms with Gasteiger partial charge in [0.05, 0.1) is 11.0 Å². The molecule has 1 aromatic carbocycles. The van der Waals surface area contributed by atoms with Crippen LogP contribution in [-0.4, -0.2) is 22.1 Å². The molecule has 1 aliphatic rings. The molecule has 22 heavy (non-hydrogen) atoms. The molecular weight excluding hydrogens is 272 g/mol. The number of fused-ring (bicyclic) bond motifs is 3. The maximum atomic E-state index is 5.65. The van der Waals surface area contributed by atoms with Crippen molar-refractivity contribution in [2.45, 2.75) is 37.8 Å². The summed E-state index contributed by atoms with van der Waals surface area (Å²) in [5.41, 5.74) is 13.3. The normalized spacial score (nSPS) is 21.4. The van der Waals surface area contributed by atoms with E-state index in [1.165, 1.54) is 12.8 Å². The van der Waals surface area contributed by atoms with Crippen molar-refractivity contribution < 1.29 is 0 Å². The summed E-state index contributed by atoms with van der Waals surface area (Å²) in [6.07, 6.45) is 8.40. The highest BCUT2D eigenvalue weighted by molar-refractivity contribution is 6.02. The van der Waals surface area contributed by atoms with E-state index in [2.05, 4.69) is 34.2 Å². The molecule has 114 valence electrons. The zero-order valence-electron chi connectivity index (χ0n) is 12.7. The average Bonchev–Trinajstić information content (AvgIpc) is 2.58. The Morgan fingerprint density at radius 1 is 0.727 bits per heavy atom. The Kier molecular flexibility index (Phi) is 4.61. The number of pyridine rings is 2. The van der Waals surface area contributed by atoms with Gasteiger partial charge in [-0.25, -0.2) is 0 Å². The first-order chi connectivity index (χ1) is 10.8. The Morgan fingerprint density at radius 2 is 1.18 bits per heavy atom. The molecule has 2 atom stereocenters. The molecule has 2 aromatic heterocycles. The maximum Gasteiger partial charge on any atom is 0.0964 e. The molecule has 0 spiro atoms. The molecule has 1 fully saturated rings. The Hall–Kier alpha value is -2.04. The van der Waals surface area contributed by atoms with Crippen LogP contribution in [0.15, 0.2) is 48.8 Å². The minimum absolute atomic E-state index is 0.281. The highest BCUT2D eigenvalue weighted by atomic mass is 14.8. The van der Waals surface area contributed by atoms with Gasteiger partial charge in [-0.15, -0.1) is 0 Å². The van der Waals surface area contributed by atoms with Crippen molar-refractivity contribution in [3.05, 3.63) is 48.8 Å². The van der Waals surface area contributed by atoms with Gasteiger partial charge in [-0.3, -0.25) is 9.97 Å². The Labute approximate surface area is 130 Å². The molecule has 4 nitrogen and oxygen atoms in total. The van der Waals surface area contributed by atoms with Gasteiger partial charge in [0.25, 0.3) is 0 Å². The van der Waals surface area contributed by atoms with Crippen molar-refractivity contribution >= 4 is 21.8 Å². The standard InChI is InChI=1S/C12H8N2.C6H14N2/c1-3-9-5-6-10-4-2-8-14-12(10)11(9)13-7-1;7-5-3-1-2-4-6(5)8/h1-8H;5-6H,1-4,7-8H2. The fourth-order valence-corrected chi connectivity index (χ4v) is 2.87. The highest BCUT2D eigenvalue weighted by Gasteiger charge is 2.16. The summed E-state index contributed by atoms with van der Waals surface area (Å²) >= 11 is 0. The van der Waals surface area contributed by atoms with Gasteiger partial charge < -0.3 is 11.5 Å². The molecule has 1 saturated carbocycles. The second-order valence-corrected chi connectivity index (χ2v) is 5.83. The monoisotopic (exact) mass is 294 g/mol. The summed E-state index contributed by atoms with van der Waals surface area (Å²) < 4.78 is 0. The lowest BCUT2D eigenvalue weighted by Gasteiger charge is -2.24. The second kappa shape index (κ2) is 6.81. The number of hydrogen-bond acceptors (Lipinski definition) is 4. The number of benzene rings is 1. The largest absolute Gasteiger partial charge is 0.326 e. The number of nitrogens with two attached hydrogens (primary N) is 2. The van der Waals surface area contributed by atoms with Crippen LogP contribution in [0.25, 0.3) is 21.8 Å². The fourth-order valence-electron chi connectivity index (χ4n) is 2.87. The minimum Gasteiger partial charge on any atom is -0.326 e. The summed E-state index contributed by atoms with van der Waals surface area (Å²) in [6, 6.07) is 12.7. The zero-order valence-corrected chi connectivity index (χ0v) is 12.7. The second-order valence-electron chi connectivity index (χ2n) is 5.83. The molecule has 0 bridgehead atoms. The Bertz CT molecular complexity index is 691. The SMILES string of the molecule is NC1CCCCC1N.c1cnc2c(c1)ccc1cccnc12. The van der Waals surface area contributed by atoms with Crippen molar-refractivity contribution in [2.24, 2.45) is 11.5 Å². The van der Waals surface area contributed by atoms with E-state index in [1.807, 2.05) is 12.1 Å². The zero-order chi connectivity index (χ0) is 15.4. The molecule has 0 radical (unpaired) electrons. The third kappa shape index (κ3) is 3.24. The van der Waals surface area contributed by atoms with Gasteiger partial charge in [0.2, 0.25) is 0 Å². The van der Waals surface area contributed by atoms with E-state index in [-0.39, 0.29) is 12.1 Å². The summed E-state index contributed by atoms with van der Waals surface area (Å²) in [5.74, 6) is 0. The Morgan fingerprint density at radius 3 is 1.59 bits per heavy atom. The smallest absolute Gasteiger partial charge is 0.0964 e. The molecule has 1 aliphatic carbocycles. The van der Waals surface area contributed by atoms with E-state index in [1.54, 1.807) is 12.4 Å². The van der Waals surface area contributed by atoms with Gasteiger partial charge in [-0.1, -0.05) is 37.1 Å². The number of aromatic nitrogens is 2.